The zero-order valence-corrected chi connectivity index (χ0v) is 13.0. The van der Waals surface area contributed by atoms with Crippen molar-refractivity contribution in [2.45, 2.75) is 71.9 Å². The molecule has 1 heterocycles. The van der Waals surface area contributed by atoms with Gasteiger partial charge in [-0.1, -0.05) is 47.0 Å². The zero-order valence-electron chi connectivity index (χ0n) is 13.0. The van der Waals surface area contributed by atoms with E-state index in [1.54, 1.807) is 0 Å². The third-order valence-corrected chi connectivity index (χ3v) is 5.28. The first-order valence-electron chi connectivity index (χ1n) is 8.10. The number of nitrogens with zero attached hydrogens (tertiary/aromatic N) is 1. The van der Waals surface area contributed by atoms with Crippen LogP contribution in [0, 0.1) is 17.8 Å². The number of hydrogen-bond acceptors (Lipinski definition) is 2. The van der Waals surface area contributed by atoms with Gasteiger partial charge in [0.25, 0.3) is 0 Å². The van der Waals surface area contributed by atoms with Crippen molar-refractivity contribution < 1.29 is 4.79 Å². The van der Waals surface area contributed by atoms with Crippen LogP contribution in [0.4, 0.5) is 0 Å². The second kappa shape index (κ2) is 6.25. The molecule has 2 aliphatic rings. The lowest BCUT2D eigenvalue weighted by molar-refractivity contribution is -0.133. The Balaban J connectivity index is 2.07. The Morgan fingerprint density at radius 1 is 1.26 bits per heavy atom. The molecule has 4 unspecified atom stereocenters. The Kier molecular flexibility index (Phi) is 4.88. The van der Waals surface area contributed by atoms with Crippen molar-refractivity contribution in [2.24, 2.45) is 17.8 Å². The summed E-state index contributed by atoms with van der Waals surface area (Å²) in [7, 11) is 0. The Bertz CT molecular complexity index is 316. The molecule has 0 aromatic carbocycles. The minimum atomic E-state index is 0.0553. The van der Waals surface area contributed by atoms with Gasteiger partial charge in [0.1, 0.15) is 0 Å². The second-order valence-electron chi connectivity index (χ2n) is 6.79. The van der Waals surface area contributed by atoms with Crippen molar-refractivity contribution in [3.63, 3.8) is 0 Å². The van der Waals surface area contributed by atoms with E-state index in [-0.39, 0.29) is 6.04 Å². The second-order valence-corrected chi connectivity index (χ2v) is 6.79. The standard InChI is InChI=1S/C16H30N2O/c1-5-12(4)15-16(19)18(10-17-15)14-9-7-6-8-13(14)11(2)3/h11-15,17H,5-10H2,1-4H3. The summed E-state index contributed by atoms with van der Waals surface area (Å²) in [6.07, 6.45) is 6.17. The number of hydrogen-bond donors (Lipinski definition) is 1. The van der Waals surface area contributed by atoms with Gasteiger partial charge in [-0.25, -0.2) is 0 Å². The van der Waals surface area contributed by atoms with Gasteiger partial charge < -0.3 is 4.90 Å². The van der Waals surface area contributed by atoms with Crippen LogP contribution in [-0.4, -0.2) is 29.6 Å². The van der Waals surface area contributed by atoms with Gasteiger partial charge in [0.2, 0.25) is 5.91 Å². The lowest BCUT2D eigenvalue weighted by Crippen LogP contribution is -2.46. The van der Waals surface area contributed by atoms with E-state index in [0.29, 0.717) is 29.7 Å². The van der Waals surface area contributed by atoms with E-state index in [1.807, 2.05) is 0 Å². The van der Waals surface area contributed by atoms with Crippen LogP contribution in [0.15, 0.2) is 0 Å². The maximum Gasteiger partial charge on any atom is 0.241 e. The average molecular weight is 266 g/mol. The molecule has 0 bridgehead atoms. The van der Waals surface area contributed by atoms with Crippen molar-refractivity contribution in [1.82, 2.24) is 10.2 Å². The van der Waals surface area contributed by atoms with Crippen molar-refractivity contribution >= 4 is 5.91 Å². The van der Waals surface area contributed by atoms with Crippen LogP contribution in [0.2, 0.25) is 0 Å². The highest BCUT2D eigenvalue weighted by atomic mass is 16.2. The Labute approximate surface area is 118 Å². The van der Waals surface area contributed by atoms with Gasteiger partial charge in [0.15, 0.2) is 0 Å². The van der Waals surface area contributed by atoms with Gasteiger partial charge in [0.05, 0.1) is 12.7 Å². The van der Waals surface area contributed by atoms with Gasteiger partial charge in [-0.15, -0.1) is 0 Å². The van der Waals surface area contributed by atoms with E-state index >= 15 is 0 Å². The molecule has 1 N–H and O–H groups in total. The van der Waals surface area contributed by atoms with Crippen LogP contribution in [-0.2, 0) is 4.79 Å². The molecular formula is C16H30N2O. The van der Waals surface area contributed by atoms with E-state index in [0.717, 1.165) is 13.1 Å². The summed E-state index contributed by atoms with van der Waals surface area (Å²) < 4.78 is 0. The summed E-state index contributed by atoms with van der Waals surface area (Å²) in [6.45, 7) is 9.73. The van der Waals surface area contributed by atoms with Gasteiger partial charge >= 0.3 is 0 Å². The maximum atomic E-state index is 12.6. The smallest absolute Gasteiger partial charge is 0.241 e. The fourth-order valence-corrected chi connectivity index (χ4v) is 3.81. The SMILES string of the molecule is CCC(C)C1NCN(C2CCCCC2C(C)C)C1=O. The predicted molar refractivity (Wildman–Crippen MR) is 78.7 cm³/mol. The first-order valence-corrected chi connectivity index (χ1v) is 8.10. The van der Waals surface area contributed by atoms with Crippen LogP contribution in [0.1, 0.15) is 59.8 Å². The van der Waals surface area contributed by atoms with E-state index in [9.17, 15) is 4.79 Å². The highest BCUT2D eigenvalue weighted by Crippen LogP contribution is 2.35. The average Bonchev–Trinajstić information content (AvgIpc) is 2.79. The minimum Gasteiger partial charge on any atom is -0.325 e. The van der Waals surface area contributed by atoms with Crippen LogP contribution >= 0.6 is 0 Å². The highest BCUT2D eigenvalue weighted by Gasteiger charge is 2.41. The number of carbonyl (C=O) groups excluding carboxylic acids is 1. The Hall–Kier alpha value is -0.570. The molecule has 3 heteroatoms. The molecule has 0 aromatic rings. The van der Waals surface area contributed by atoms with E-state index < -0.39 is 0 Å². The molecule has 1 aliphatic carbocycles. The molecular weight excluding hydrogens is 236 g/mol. The normalized spacial score (nSPS) is 34.1. The summed E-state index contributed by atoms with van der Waals surface area (Å²) in [6, 6.07) is 0.530. The Morgan fingerprint density at radius 3 is 2.58 bits per heavy atom. The highest BCUT2D eigenvalue weighted by molar-refractivity contribution is 5.84. The van der Waals surface area contributed by atoms with Gasteiger partial charge in [0, 0.05) is 6.04 Å². The molecule has 110 valence electrons. The molecule has 0 spiro atoms. The molecule has 0 radical (unpaired) electrons. The topological polar surface area (TPSA) is 32.3 Å². The monoisotopic (exact) mass is 266 g/mol. The van der Waals surface area contributed by atoms with E-state index in [1.165, 1.54) is 25.7 Å². The predicted octanol–water partition coefficient (Wildman–Crippen LogP) is 3.01. The summed E-state index contributed by atoms with van der Waals surface area (Å²) in [5.74, 6) is 2.17. The van der Waals surface area contributed by atoms with Crippen molar-refractivity contribution in [2.75, 3.05) is 6.67 Å². The first-order chi connectivity index (χ1) is 9.06. The third-order valence-electron chi connectivity index (χ3n) is 5.28. The fraction of sp³-hybridized carbons (Fsp3) is 0.938. The van der Waals surface area contributed by atoms with Crippen molar-refractivity contribution in [3.05, 3.63) is 0 Å². The molecule has 1 saturated heterocycles. The number of nitrogens with one attached hydrogen (secondary N) is 1. The number of rotatable bonds is 4. The van der Waals surface area contributed by atoms with E-state index in [2.05, 4.69) is 37.9 Å². The van der Waals surface area contributed by atoms with Crippen LogP contribution in [0.3, 0.4) is 0 Å². The summed E-state index contributed by atoms with van der Waals surface area (Å²) in [5, 5.41) is 3.44. The van der Waals surface area contributed by atoms with Crippen molar-refractivity contribution in [1.29, 1.82) is 0 Å². The summed E-state index contributed by atoms with van der Waals surface area (Å²) in [4.78, 5) is 14.8. The molecule has 3 nitrogen and oxygen atoms in total. The molecule has 4 atom stereocenters. The van der Waals surface area contributed by atoms with Gasteiger partial charge in [-0.3, -0.25) is 10.1 Å². The lowest BCUT2D eigenvalue weighted by Gasteiger charge is -2.40. The van der Waals surface area contributed by atoms with Gasteiger partial charge in [-0.2, -0.15) is 0 Å². The number of carbonyl (C=O) groups is 1. The van der Waals surface area contributed by atoms with E-state index in [4.69, 9.17) is 0 Å². The summed E-state index contributed by atoms with van der Waals surface area (Å²) >= 11 is 0. The molecule has 1 saturated carbocycles. The first kappa shape index (κ1) is 14.8. The van der Waals surface area contributed by atoms with Crippen LogP contribution in [0.25, 0.3) is 0 Å². The lowest BCUT2D eigenvalue weighted by atomic mass is 9.77. The number of amides is 1. The fourth-order valence-electron chi connectivity index (χ4n) is 3.81. The molecule has 19 heavy (non-hydrogen) atoms. The molecule has 2 rings (SSSR count). The quantitative estimate of drug-likeness (QED) is 0.848. The largest absolute Gasteiger partial charge is 0.325 e. The Morgan fingerprint density at radius 2 is 1.95 bits per heavy atom. The maximum absolute atomic E-state index is 12.6. The van der Waals surface area contributed by atoms with Crippen LogP contribution < -0.4 is 5.32 Å². The zero-order chi connectivity index (χ0) is 14.0. The molecule has 2 fully saturated rings. The van der Waals surface area contributed by atoms with Gasteiger partial charge in [-0.05, 0) is 30.6 Å². The molecule has 1 amide bonds. The summed E-state index contributed by atoms with van der Waals surface area (Å²) in [5.41, 5.74) is 0. The van der Waals surface area contributed by atoms with Crippen molar-refractivity contribution in [3.8, 4) is 0 Å². The molecule has 0 aromatic heterocycles. The molecule has 1 aliphatic heterocycles. The third kappa shape index (κ3) is 2.96. The van der Waals surface area contributed by atoms with Crippen LogP contribution in [0.5, 0.6) is 0 Å². The minimum absolute atomic E-state index is 0.0553.